The predicted octanol–water partition coefficient (Wildman–Crippen LogP) is 2.68. The number of benzene rings is 1. The fraction of sp³-hybridized carbons (Fsp3) is 0.500. The van der Waals surface area contributed by atoms with Crippen molar-refractivity contribution in [2.45, 2.75) is 37.6 Å². The number of hydrogen-bond donors (Lipinski definition) is 1. The van der Waals surface area contributed by atoms with Crippen molar-refractivity contribution >= 4 is 39.5 Å². The molecule has 1 aromatic heterocycles. The summed E-state index contributed by atoms with van der Waals surface area (Å²) < 4.78 is 10.5. The second-order valence-corrected chi connectivity index (χ2v) is 7.98. The number of esters is 2. The normalized spacial score (nSPS) is 15.7. The van der Waals surface area contributed by atoms with Gasteiger partial charge in [0.25, 0.3) is 0 Å². The number of hydrogen-bond acceptors (Lipinski definition) is 7. The number of methoxy groups -OCH3 is 2. The number of para-hydroxylation sites is 1. The Morgan fingerprint density at radius 1 is 1.21 bits per heavy atom. The van der Waals surface area contributed by atoms with Gasteiger partial charge in [0.1, 0.15) is 6.04 Å². The van der Waals surface area contributed by atoms with E-state index in [-0.39, 0.29) is 18.9 Å². The number of carbonyl (C=O) groups is 3. The maximum absolute atomic E-state index is 12.6. The number of ether oxygens (including phenoxy) is 2. The van der Waals surface area contributed by atoms with Crippen molar-refractivity contribution in [2.75, 3.05) is 27.3 Å². The summed E-state index contributed by atoms with van der Waals surface area (Å²) >= 11 is 1.71. The summed E-state index contributed by atoms with van der Waals surface area (Å²) in [6.45, 7) is 1.16. The van der Waals surface area contributed by atoms with Crippen molar-refractivity contribution in [3.8, 4) is 0 Å². The lowest BCUT2D eigenvalue weighted by atomic mass is 9.98. The zero-order chi connectivity index (χ0) is 20.8. The van der Waals surface area contributed by atoms with Crippen LogP contribution in [0.5, 0.6) is 0 Å². The molecule has 1 aromatic carbocycles. The number of likely N-dealkylation sites (tertiary alicyclic amines) is 1. The minimum atomic E-state index is -0.881. The van der Waals surface area contributed by atoms with Crippen LogP contribution in [0.2, 0.25) is 0 Å². The third-order valence-corrected chi connectivity index (χ3v) is 6.29. The number of rotatable bonds is 6. The highest BCUT2D eigenvalue weighted by Crippen LogP contribution is 2.33. The van der Waals surface area contributed by atoms with Gasteiger partial charge in [0.2, 0.25) is 0 Å². The summed E-state index contributed by atoms with van der Waals surface area (Å²) in [5, 5.41) is 3.79. The van der Waals surface area contributed by atoms with E-state index in [0.29, 0.717) is 19.0 Å². The first-order valence-corrected chi connectivity index (χ1v) is 10.4. The van der Waals surface area contributed by atoms with Gasteiger partial charge < -0.3 is 19.7 Å². The van der Waals surface area contributed by atoms with E-state index in [2.05, 4.69) is 16.1 Å². The molecule has 1 atom stereocenters. The molecule has 3 rings (SSSR count). The molecule has 0 unspecified atom stereocenters. The molecule has 0 saturated carbocycles. The van der Waals surface area contributed by atoms with E-state index in [9.17, 15) is 14.4 Å². The lowest BCUT2D eigenvalue weighted by Gasteiger charge is -2.32. The van der Waals surface area contributed by atoms with Crippen LogP contribution < -0.4 is 5.32 Å². The van der Waals surface area contributed by atoms with Crippen molar-refractivity contribution in [3.63, 3.8) is 0 Å². The van der Waals surface area contributed by atoms with Crippen molar-refractivity contribution in [3.05, 3.63) is 29.3 Å². The van der Waals surface area contributed by atoms with E-state index >= 15 is 0 Å². The predicted molar refractivity (Wildman–Crippen MR) is 109 cm³/mol. The van der Waals surface area contributed by atoms with E-state index < -0.39 is 18.0 Å². The third kappa shape index (κ3) is 5.23. The molecule has 0 aliphatic carbocycles. The molecule has 0 bridgehead atoms. The molecule has 8 nitrogen and oxygen atoms in total. The molecule has 1 fully saturated rings. The van der Waals surface area contributed by atoms with Gasteiger partial charge in [-0.15, -0.1) is 11.3 Å². The number of piperidine rings is 1. The Kier molecular flexibility index (Phi) is 7.03. The molecule has 156 valence electrons. The molecule has 0 spiro atoms. The number of amides is 2. The Morgan fingerprint density at radius 2 is 1.93 bits per heavy atom. The maximum atomic E-state index is 12.6. The second kappa shape index (κ2) is 9.69. The van der Waals surface area contributed by atoms with Crippen LogP contribution in [-0.4, -0.2) is 61.2 Å². The number of fused-ring (bicyclic) bond motifs is 1. The summed E-state index contributed by atoms with van der Waals surface area (Å²) in [7, 11) is 2.53. The zero-order valence-electron chi connectivity index (χ0n) is 16.6. The third-order valence-electron chi connectivity index (χ3n) is 5.09. The molecule has 2 aromatic rings. The first kappa shape index (κ1) is 21.0. The number of aromatic nitrogens is 1. The van der Waals surface area contributed by atoms with Gasteiger partial charge in [-0.3, -0.25) is 4.79 Å². The summed E-state index contributed by atoms with van der Waals surface area (Å²) in [6.07, 6.45) is 1.79. The zero-order valence-corrected chi connectivity index (χ0v) is 17.4. The number of nitrogens with zero attached hydrogens (tertiary/aromatic N) is 2. The van der Waals surface area contributed by atoms with E-state index in [4.69, 9.17) is 9.72 Å². The van der Waals surface area contributed by atoms with Crippen LogP contribution in [-0.2, 0) is 19.1 Å². The molecular formula is C20H25N3O5S. The first-order valence-electron chi connectivity index (χ1n) is 9.57. The summed E-state index contributed by atoms with van der Waals surface area (Å²) in [5.74, 6) is -0.691. The van der Waals surface area contributed by atoms with Crippen LogP contribution >= 0.6 is 11.3 Å². The molecule has 2 heterocycles. The van der Waals surface area contributed by atoms with Gasteiger partial charge in [0.05, 0.1) is 29.4 Å². The molecule has 2 amide bonds. The highest BCUT2D eigenvalue weighted by atomic mass is 32.1. The molecule has 9 heteroatoms. The topological polar surface area (TPSA) is 97.8 Å². The van der Waals surface area contributed by atoms with Crippen LogP contribution in [0.15, 0.2) is 24.3 Å². The van der Waals surface area contributed by atoms with Crippen LogP contribution in [0, 0.1) is 0 Å². The number of urea groups is 1. The lowest BCUT2D eigenvalue weighted by molar-refractivity contribution is -0.144. The Morgan fingerprint density at radius 3 is 2.59 bits per heavy atom. The SMILES string of the molecule is COC(=O)CC[C@H](NC(=O)N1CCC(c2nc3ccccc3s2)CC1)C(=O)OC. The number of carbonyl (C=O) groups excluding carboxylic acids is 3. The van der Waals surface area contributed by atoms with E-state index in [1.807, 2.05) is 18.2 Å². The molecule has 1 aliphatic heterocycles. The number of thiazole rings is 1. The molecule has 1 aliphatic rings. The van der Waals surface area contributed by atoms with E-state index in [0.717, 1.165) is 23.4 Å². The van der Waals surface area contributed by atoms with Crippen LogP contribution in [0.1, 0.15) is 36.6 Å². The second-order valence-electron chi connectivity index (χ2n) is 6.92. The lowest BCUT2D eigenvalue weighted by Crippen LogP contribution is -2.50. The van der Waals surface area contributed by atoms with Crippen molar-refractivity contribution in [1.82, 2.24) is 15.2 Å². The summed E-state index contributed by atoms with van der Waals surface area (Å²) in [4.78, 5) is 42.3. The highest BCUT2D eigenvalue weighted by Gasteiger charge is 2.29. The molecule has 1 saturated heterocycles. The van der Waals surface area contributed by atoms with Crippen molar-refractivity contribution < 1.29 is 23.9 Å². The van der Waals surface area contributed by atoms with E-state index in [1.165, 1.54) is 18.9 Å². The Hall–Kier alpha value is -2.68. The van der Waals surface area contributed by atoms with Crippen molar-refractivity contribution in [2.24, 2.45) is 0 Å². The largest absolute Gasteiger partial charge is 0.469 e. The fourth-order valence-electron chi connectivity index (χ4n) is 3.39. The fourth-order valence-corrected chi connectivity index (χ4v) is 4.53. The summed E-state index contributed by atoms with van der Waals surface area (Å²) in [5.41, 5.74) is 1.01. The number of nitrogens with one attached hydrogen (secondary N) is 1. The highest BCUT2D eigenvalue weighted by molar-refractivity contribution is 7.18. The van der Waals surface area contributed by atoms with Gasteiger partial charge in [0, 0.05) is 25.4 Å². The van der Waals surface area contributed by atoms with Crippen molar-refractivity contribution in [1.29, 1.82) is 0 Å². The Balaban J connectivity index is 1.55. The minimum absolute atomic E-state index is 0.0240. The van der Waals surface area contributed by atoms with Gasteiger partial charge in [-0.2, -0.15) is 0 Å². The summed E-state index contributed by atoms with van der Waals surface area (Å²) in [6, 6.07) is 6.87. The smallest absolute Gasteiger partial charge is 0.328 e. The molecule has 29 heavy (non-hydrogen) atoms. The Bertz CT molecular complexity index is 843. The van der Waals surface area contributed by atoms with Gasteiger partial charge in [-0.1, -0.05) is 12.1 Å². The van der Waals surface area contributed by atoms with Crippen LogP contribution in [0.25, 0.3) is 10.2 Å². The van der Waals surface area contributed by atoms with E-state index in [1.54, 1.807) is 16.2 Å². The Labute approximate surface area is 173 Å². The minimum Gasteiger partial charge on any atom is -0.469 e. The van der Waals surface area contributed by atoms with Crippen LogP contribution in [0.3, 0.4) is 0 Å². The molecule has 0 radical (unpaired) electrons. The van der Waals surface area contributed by atoms with Gasteiger partial charge >= 0.3 is 18.0 Å². The van der Waals surface area contributed by atoms with Gasteiger partial charge in [-0.05, 0) is 31.4 Å². The average molecular weight is 420 g/mol. The monoisotopic (exact) mass is 419 g/mol. The molecule has 1 N–H and O–H groups in total. The maximum Gasteiger partial charge on any atom is 0.328 e. The van der Waals surface area contributed by atoms with Gasteiger partial charge in [0.15, 0.2) is 0 Å². The first-order chi connectivity index (χ1) is 14.0. The standard InChI is InChI=1S/C20H25N3O5S/c1-27-17(24)8-7-15(19(25)28-2)22-20(26)23-11-9-13(10-12-23)18-21-14-5-3-4-6-16(14)29-18/h3-6,13,15H,7-12H2,1-2H3,(H,22,26)/t15-/m0/s1. The van der Waals surface area contributed by atoms with Gasteiger partial charge in [-0.25, -0.2) is 14.6 Å². The average Bonchev–Trinajstić information content (AvgIpc) is 3.20. The molecular weight excluding hydrogens is 394 g/mol. The van der Waals surface area contributed by atoms with Crippen LogP contribution in [0.4, 0.5) is 4.79 Å². The quantitative estimate of drug-likeness (QED) is 0.723.